The van der Waals surface area contributed by atoms with E-state index in [1.54, 1.807) is 0 Å². The summed E-state index contributed by atoms with van der Waals surface area (Å²) in [6.07, 6.45) is 12.8. The van der Waals surface area contributed by atoms with Crippen LogP contribution in [0.1, 0.15) is 91.4 Å². The smallest absolute Gasteiger partial charge is 0.305 e. The molecular formula is C25H40O3. The van der Waals surface area contributed by atoms with Crippen LogP contribution in [-0.2, 0) is 14.3 Å². The largest absolute Gasteiger partial charge is 0.469 e. The summed E-state index contributed by atoms with van der Waals surface area (Å²) < 4.78 is 4.84. The van der Waals surface area contributed by atoms with Gasteiger partial charge in [0.25, 0.3) is 0 Å². The Labute approximate surface area is 171 Å². The van der Waals surface area contributed by atoms with Crippen LogP contribution in [0.3, 0.4) is 0 Å². The normalized spacial score (nSPS) is 46.3. The molecule has 0 aromatic rings. The maximum atomic E-state index is 13.7. The Bertz CT molecular complexity index is 627. The number of carbonyl (C=O) groups excluding carboxylic acids is 2. The molecule has 0 N–H and O–H groups in total. The third-order valence-electron chi connectivity index (χ3n) is 10.2. The Morgan fingerprint density at radius 2 is 1.89 bits per heavy atom. The van der Waals surface area contributed by atoms with Crippen LogP contribution in [-0.4, -0.2) is 18.9 Å². The van der Waals surface area contributed by atoms with Crippen LogP contribution >= 0.6 is 0 Å². The van der Waals surface area contributed by atoms with E-state index in [0.29, 0.717) is 41.3 Å². The fourth-order valence-electron chi connectivity index (χ4n) is 8.59. The molecule has 0 aliphatic heterocycles. The molecule has 3 nitrogen and oxygen atoms in total. The molecule has 8 atom stereocenters. The van der Waals surface area contributed by atoms with Gasteiger partial charge in [0.15, 0.2) is 0 Å². The second kappa shape index (κ2) is 7.43. The van der Waals surface area contributed by atoms with Crippen molar-refractivity contribution in [1.82, 2.24) is 0 Å². The first-order valence-electron chi connectivity index (χ1n) is 11.9. The molecule has 0 aromatic heterocycles. The second-order valence-corrected chi connectivity index (χ2v) is 11.1. The first-order chi connectivity index (χ1) is 13.3. The number of rotatable bonds is 4. The summed E-state index contributed by atoms with van der Waals surface area (Å²) in [4.78, 5) is 25.3. The minimum absolute atomic E-state index is 0.120. The van der Waals surface area contributed by atoms with Gasteiger partial charge in [0.2, 0.25) is 0 Å². The summed E-state index contributed by atoms with van der Waals surface area (Å²) >= 11 is 0. The highest BCUT2D eigenvalue weighted by atomic mass is 16.5. The molecule has 0 spiro atoms. The van der Waals surface area contributed by atoms with Crippen molar-refractivity contribution < 1.29 is 14.3 Å². The number of ether oxygens (including phenoxy) is 1. The molecule has 4 aliphatic rings. The molecule has 28 heavy (non-hydrogen) atoms. The molecule has 4 saturated carbocycles. The third kappa shape index (κ3) is 2.98. The van der Waals surface area contributed by atoms with E-state index in [1.165, 1.54) is 58.5 Å². The lowest BCUT2D eigenvalue weighted by atomic mass is 9.44. The molecule has 0 radical (unpaired) electrons. The molecule has 4 rings (SSSR count). The van der Waals surface area contributed by atoms with E-state index >= 15 is 0 Å². The molecular weight excluding hydrogens is 348 g/mol. The number of hydrogen-bond acceptors (Lipinski definition) is 3. The fourth-order valence-corrected chi connectivity index (χ4v) is 8.59. The van der Waals surface area contributed by atoms with E-state index in [2.05, 4.69) is 20.8 Å². The van der Waals surface area contributed by atoms with Crippen molar-refractivity contribution in [2.45, 2.75) is 91.4 Å². The van der Waals surface area contributed by atoms with Gasteiger partial charge in [0, 0.05) is 18.3 Å². The van der Waals surface area contributed by atoms with Crippen molar-refractivity contribution in [2.75, 3.05) is 7.11 Å². The van der Waals surface area contributed by atoms with Crippen LogP contribution in [0.15, 0.2) is 0 Å². The molecule has 0 unspecified atom stereocenters. The number of esters is 1. The summed E-state index contributed by atoms with van der Waals surface area (Å²) in [7, 11) is 1.47. The Hall–Kier alpha value is -0.860. The van der Waals surface area contributed by atoms with Gasteiger partial charge in [-0.3, -0.25) is 9.59 Å². The third-order valence-corrected chi connectivity index (χ3v) is 10.2. The highest BCUT2D eigenvalue weighted by Gasteiger charge is 2.63. The molecule has 4 fully saturated rings. The molecule has 0 heterocycles. The molecule has 4 aliphatic carbocycles. The maximum absolute atomic E-state index is 13.7. The fraction of sp³-hybridized carbons (Fsp3) is 0.920. The zero-order chi connectivity index (χ0) is 20.1. The van der Waals surface area contributed by atoms with Gasteiger partial charge in [-0.2, -0.15) is 0 Å². The lowest BCUT2D eigenvalue weighted by Gasteiger charge is -2.60. The Kier molecular flexibility index (Phi) is 5.42. The average Bonchev–Trinajstić information content (AvgIpc) is 3.05. The molecule has 3 heteroatoms. The average molecular weight is 389 g/mol. The number of fused-ring (bicyclic) bond motifs is 5. The molecule has 0 bridgehead atoms. The number of Topliss-reactive ketones (excluding diaryl/α,β-unsaturated/α-hetero) is 1. The minimum Gasteiger partial charge on any atom is -0.469 e. The highest BCUT2D eigenvalue weighted by molar-refractivity contribution is 5.87. The predicted molar refractivity (Wildman–Crippen MR) is 111 cm³/mol. The van der Waals surface area contributed by atoms with Crippen molar-refractivity contribution in [3.8, 4) is 0 Å². The first-order valence-corrected chi connectivity index (χ1v) is 11.9. The van der Waals surface area contributed by atoms with E-state index in [0.717, 1.165) is 24.7 Å². The van der Waals surface area contributed by atoms with Crippen molar-refractivity contribution in [2.24, 2.45) is 46.3 Å². The maximum Gasteiger partial charge on any atom is 0.305 e. The van der Waals surface area contributed by atoms with E-state index in [9.17, 15) is 9.59 Å². The van der Waals surface area contributed by atoms with Crippen molar-refractivity contribution >= 4 is 11.8 Å². The summed E-state index contributed by atoms with van der Waals surface area (Å²) in [5, 5.41) is 0. The zero-order valence-electron chi connectivity index (χ0n) is 18.5. The monoisotopic (exact) mass is 388 g/mol. The van der Waals surface area contributed by atoms with Gasteiger partial charge < -0.3 is 4.74 Å². The van der Waals surface area contributed by atoms with Crippen molar-refractivity contribution in [1.29, 1.82) is 0 Å². The topological polar surface area (TPSA) is 43.4 Å². The molecule has 0 aromatic carbocycles. The highest BCUT2D eigenvalue weighted by Crippen LogP contribution is 2.67. The molecule has 0 saturated heterocycles. The number of hydrogen-bond donors (Lipinski definition) is 0. The van der Waals surface area contributed by atoms with Crippen LogP contribution in [0, 0.1) is 46.3 Å². The van der Waals surface area contributed by atoms with Crippen molar-refractivity contribution in [3.63, 3.8) is 0 Å². The Morgan fingerprint density at radius 1 is 1.11 bits per heavy atom. The number of ketones is 1. The molecule has 158 valence electrons. The summed E-state index contributed by atoms with van der Waals surface area (Å²) in [6, 6.07) is 0. The van der Waals surface area contributed by atoms with E-state index in [-0.39, 0.29) is 11.4 Å². The number of methoxy groups -OCH3 is 1. The lowest BCUT2D eigenvalue weighted by Crippen LogP contribution is -2.56. The summed E-state index contributed by atoms with van der Waals surface area (Å²) in [6.45, 7) is 7.10. The summed E-state index contributed by atoms with van der Waals surface area (Å²) in [5.74, 6) is 4.09. The number of carbonyl (C=O) groups is 2. The quantitative estimate of drug-likeness (QED) is 0.571. The predicted octanol–water partition coefficient (Wildman–Crippen LogP) is 5.80. The van der Waals surface area contributed by atoms with Gasteiger partial charge in [-0.25, -0.2) is 0 Å². The Morgan fingerprint density at radius 3 is 2.64 bits per heavy atom. The zero-order valence-corrected chi connectivity index (χ0v) is 18.5. The minimum atomic E-state index is -0.158. The van der Waals surface area contributed by atoms with Crippen LogP contribution in [0.25, 0.3) is 0 Å². The first kappa shape index (κ1) is 20.4. The van der Waals surface area contributed by atoms with Crippen LogP contribution in [0.2, 0.25) is 0 Å². The van der Waals surface area contributed by atoms with Gasteiger partial charge in [-0.05, 0) is 85.9 Å². The van der Waals surface area contributed by atoms with Crippen LogP contribution in [0.5, 0.6) is 0 Å². The van der Waals surface area contributed by atoms with E-state index < -0.39 is 0 Å². The van der Waals surface area contributed by atoms with Crippen molar-refractivity contribution in [3.05, 3.63) is 0 Å². The Balaban J connectivity index is 1.55. The summed E-state index contributed by atoms with van der Waals surface area (Å²) in [5.41, 5.74) is 0.251. The van der Waals surface area contributed by atoms with E-state index in [1.807, 2.05) is 0 Å². The van der Waals surface area contributed by atoms with Crippen LogP contribution < -0.4 is 0 Å². The van der Waals surface area contributed by atoms with Gasteiger partial charge in [0.1, 0.15) is 5.78 Å². The standard InChI is InChI=1S/C25H40O3/c1-16(8-13-23(27)28-4)19-11-12-20-18-10-9-17-7-5-6-14-24(17,2)21(18)15-22(26)25(19,20)3/h16-21H,5-15H2,1-4H3/t16-,17-,18-,19+,20+,21-,24-,25+/m0/s1. The van der Waals surface area contributed by atoms with Gasteiger partial charge in [-0.15, -0.1) is 0 Å². The lowest BCUT2D eigenvalue weighted by molar-refractivity contribution is -0.157. The van der Waals surface area contributed by atoms with Gasteiger partial charge in [-0.1, -0.05) is 33.6 Å². The second-order valence-electron chi connectivity index (χ2n) is 11.1. The van der Waals surface area contributed by atoms with E-state index in [4.69, 9.17) is 4.74 Å². The van der Waals surface area contributed by atoms with Crippen LogP contribution in [0.4, 0.5) is 0 Å². The SMILES string of the molecule is COC(=O)CC[C@H](C)[C@H]1CC[C@@H]2[C@@H]3CC[C@@H]4CCCC[C@]4(C)[C@H]3CC(=O)[C@@]21C. The van der Waals surface area contributed by atoms with Gasteiger partial charge >= 0.3 is 5.97 Å². The molecule has 0 amide bonds. The van der Waals surface area contributed by atoms with Gasteiger partial charge in [0.05, 0.1) is 7.11 Å².